The van der Waals surface area contributed by atoms with E-state index >= 15 is 0 Å². The highest BCUT2D eigenvalue weighted by molar-refractivity contribution is 7.91. The lowest BCUT2D eigenvalue weighted by molar-refractivity contribution is 0.582. The second-order valence-electron chi connectivity index (χ2n) is 3.09. The Hall–Kier alpha value is -0.0200. The summed E-state index contributed by atoms with van der Waals surface area (Å²) in [6.07, 6.45) is 2.73. The topological polar surface area (TPSA) is 76.1 Å². The van der Waals surface area contributed by atoms with Gasteiger partial charge in [-0.05, 0) is 6.92 Å². The van der Waals surface area contributed by atoms with Gasteiger partial charge in [0.05, 0.1) is 6.20 Å². The molecule has 0 fully saturated rings. The van der Waals surface area contributed by atoms with Crippen molar-refractivity contribution in [2.75, 3.05) is 12.8 Å². The van der Waals surface area contributed by atoms with Gasteiger partial charge in [0, 0.05) is 28.9 Å². The molecule has 1 aromatic rings. The van der Waals surface area contributed by atoms with E-state index in [0.717, 1.165) is 11.3 Å². The molecule has 0 bridgehead atoms. The van der Waals surface area contributed by atoms with E-state index in [1.54, 1.807) is 6.92 Å². The first kappa shape index (κ1) is 14.0. The molecule has 0 saturated heterocycles. The molecule has 5 nitrogen and oxygen atoms in total. The first-order valence-electron chi connectivity index (χ1n) is 4.26. The summed E-state index contributed by atoms with van der Waals surface area (Å²) in [6, 6.07) is 0. The van der Waals surface area contributed by atoms with Gasteiger partial charge in [0.25, 0.3) is 10.0 Å². The van der Waals surface area contributed by atoms with Gasteiger partial charge in [-0.25, -0.2) is 18.1 Å². The number of nitrogens with zero attached hydrogens (tertiary/aromatic N) is 1. The van der Waals surface area contributed by atoms with E-state index in [1.807, 2.05) is 0 Å². The Labute approximate surface area is 106 Å². The average Bonchev–Trinajstić information content (AvgIpc) is 2.61. The number of rotatable bonds is 5. The van der Waals surface area contributed by atoms with Crippen LogP contribution in [0, 0.1) is 0 Å². The van der Waals surface area contributed by atoms with Crippen molar-refractivity contribution < 1.29 is 12.6 Å². The molecule has 0 aliphatic carbocycles. The number of aromatic nitrogens is 1. The molecule has 1 aromatic heterocycles. The molecular weight excluding hydrogens is 292 g/mol. The van der Waals surface area contributed by atoms with Gasteiger partial charge in [-0.2, -0.15) is 0 Å². The van der Waals surface area contributed by atoms with Crippen LogP contribution in [0.4, 0.5) is 0 Å². The van der Waals surface area contributed by atoms with Crippen LogP contribution in [0.1, 0.15) is 6.92 Å². The van der Waals surface area contributed by atoms with E-state index in [9.17, 15) is 12.6 Å². The summed E-state index contributed by atoms with van der Waals surface area (Å²) in [4.78, 5) is 3.65. The summed E-state index contributed by atoms with van der Waals surface area (Å²) in [5.74, 6) is 0. The van der Waals surface area contributed by atoms with E-state index in [4.69, 9.17) is 11.6 Å². The maximum Gasteiger partial charge on any atom is 0.251 e. The van der Waals surface area contributed by atoms with Gasteiger partial charge in [-0.15, -0.1) is 0 Å². The van der Waals surface area contributed by atoms with E-state index in [2.05, 4.69) is 9.71 Å². The number of nitrogens with one attached hydrogen (secondary N) is 1. The molecule has 0 aromatic carbocycles. The molecule has 1 rings (SSSR count). The zero-order valence-electron chi connectivity index (χ0n) is 8.64. The molecule has 1 heterocycles. The van der Waals surface area contributed by atoms with Crippen LogP contribution < -0.4 is 4.72 Å². The SMILES string of the molecule is CC(CNS(=O)(=O)c1cnc(Cl)s1)S(C)=O. The van der Waals surface area contributed by atoms with Crippen molar-refractivity contribution in [2.24, 2.45) is 0 Å². The van der Waals surface area contributed by atoms with Crippen molar-refractivity contribution in [2.45, 2.75) is 16.4 Å². The van der Waals surface area contributed by atoms with Crippen molar-refractivity contribution in [3.63, 3.8) is 0 Å². The van der Waals surface area contributed by atoms with Crippen molar-refractivity contribution >= 4 is 43.8 Å². The predicted molar refractivity (Wildman–Crippen MR) is 65.8 cm³/mol. The number of hydrogen-bond acceptors (Lipinski definition) is 5. The largest absolute Gasteiger partial charge is 0.260 e. The molecular formula is C7H11ClN2O3S3. The third-order valence-corrected chi connectivity index (χ3v) is 6.15. The Morgan fingerprint density at radius 1 is 1.69 bits per heavy atom. The second-order valence-corrected chi connectivity index (χ2v) is 8.50. The van der Waals surface area contributed by atoms with E-state index < -0.39 is 20.8 Å². The maximum atomic E-state index is 11.7. The predicted octanol–water partition coefficient (Wildman–Crippen LogP) is 0.842. The second kappa shape index (κ2) is 5.54. The first-order chi connectivity index (χ1) is 7.33. The minimum Gasteiger partial charge on any atom is -0.260 e. The highest BCUT2D eigenvalue weighted by Crippen LogP contribution is 2.21. The van der Waals surface area contributed by atoms with Crippen LogP contribution in [-0.4, -0.2) is 35.7 Å². The van der Waals surface area contributed by atoms with Gasteiger partial charge < -0.3 is 0 Å². The van der Waals surface area contributed by atoms with Crippen molar-refractivity contribution in [3.8, 4) is 0 Å². The fourth-order valence-corrected chi connectivity index (χ4v) is 3.67. The number of sulfonamides is 1. The fraction of sp³-hybridized carbons (Fsp3) is 0.571. The Bertz CT molecular complexity index is 485. The molecule has 16 heavy (non-hydrogen) atoms. The van der Waals surface area contributed by atoms with Gasteiger partial charge >= 0.3 is 0 Å². The molecule has 0 aliphatic rings. The zero-order chi connectivity index (χ0) is 12.3. The quantitative estimate of drug-likeness (QED) is 0.874. The summed E-state index contributed by atoms with van der Waals surface area (Å²) < 4.78 is 37.0. The Kier molecular flexibility index (Phi) is 4.87. The maximum absolute atomic E-state index is 11.7. The lowest BCUT2D eigenvalue weighted by Gasteiger charge is -2.08. The zero-order valence-corrected chi connectivity index (χ0v) is 11.8. The summed E-state index contributed by atoms with van der Waals surface area (Å²) in [7, 11) is -4.64. The minimum absolute atomic E-state index is 0.0617. The van der Waals surface area contributed by atoms with Crippen LogP contribution in [-0.2, 0) is 20.8 Å². The molecule has 2 atom stereocenters. The Morgan fingerprint density at radius 2 is 2.31 bits per heavy atom. The Morgan fingerprint density at radius 3 is 2.75 bits per heavy atom. The molecule has 0 aliphatic heterocycles. The summed E-state index contributed by atoms with van der Waals surface area (Å²) in [5, 5.41) is -0.238. The van der Waals surface area contributed by atoms with Crippen LogP contribution in [0.3, 0.4) is 0 Å². The van der Waals surface area contributed by atoms with E-state index in [1.165, 1.54) is 12.5 Å². The van der Waals surface area contributed by atoms with Crippen LogP contribution in [0.2, 0.25) is 4.47 Å². The summed E-state index contributed by atoms with van der Waals surface area (Å²) >= 11 is 6.43. The lowest BCUT2D eigenvalue weighted by atomic mass is 10.5. The number of thiazole rings is 1. The lowest BCUT2D eigenvalue weighted by Crippen LogP contribution is -2.32. The van der Waals surface area contributed by atoms with Crippen molar-refractivity contribution in [1.82, 2.24) is 9.71 Å². The summed E-state index contributed by atoms with van der Waals surface area (Å²) in [6.45, 7) is 1.83. The van der Waals surface area contributed by atoms with Gasteiger partial charge in [0.2, 0.25) is 0 Å². The van der Waals surface area contributed by atoms with Gasteiger partial charge in [0.15, 0.2) is 8.68 Å². The fourth-order valence-electron chi connectivity index (χ4n) is 0.779. The van der Waals surface area contributed by atoms with Gasteiger partial charge in [0.1, 0.15) is 0 Å². The molecule has 2 unspecified atom stereocenters. The van der Waals surface area contributed by atoms with Crippen LogP contribution in [0.25, 0.3) is 0 Å². The smallest absolute Gasteiger partial charge is 0.251 e. The van der Waals surface area contributed by atoms with E-state index in [-0.39, 0.29) is 20.5 Å². The van der Waals surface area contributed by atoms with E-state index in [0.29, 0.717) is 0 Å². The van der Waals surface area contributed by atoms with Gasteiger partial charge in [-0.3, -0.25) is 4.21 Å². The van der Waals surface area contributed by atoms with Crippen LogP contribution in [0.5, 0.6) is 0 Å². The molecule has 0 saturated carbocycles. The molecule has 9 heteroatoms. The minimum atomic E-state index is -3.58. The standard InChI is InChI=1S/C7H11ClN2O3S3/c1-5(15(2)11)3-10-16(12,13)6-4-9-7(8)14-6/h4-5,10H,3H2,1-2H3. The van der Waals surface area contributed by atoms with Crippen molar-refractivity contribution in [1.29, 1.82) is 0 Å². The third kappa shape index (κ3) is 3.77. The third-order valence-electron chi connectivity index (χ3n) is 1.85. The van der Waals surface area contributed by atoms with Crippen LogP contribution in [0.15, 0.2) is 10.4 Å². The number of hydrogen-bond donors (Lipinski definition) is 1. The Balaban J connectivity index is 2.70. The number of halogens is 1. The highest BCUT2D eigenvalue weighted by atomic mass is 35.5. The molecule has 0 spiro atoms. The highest BCUT2D eigenvalue weighted by Gasteiger charge is 2.19. The normalized spacial score (nSPS) is 15.9. The summed E-state index contributed by atoms with van der Waals surface area (Å²) in [5.41, 5.74) is 0. The molecule has 92 valence electrons. The van der Waals surface area contributed by atoms with Crippen LogP contribution >= 0.6 is 22.9 Å². The van der Waals surface area contributed by atoms with Crippen molar-refractivity contribution in [3.05, 3.63) is 10.7 Å². The molecule has 1 N–H and O–H groups in total. The monoisotopic (exact) mass is 302 g/mol. The first-order valence-corrected chi connectivity index (χ1v) is 8.56. The van der Waals surface area contributed by atoms with Gasteiger partial charge in [-0.1, -0.05) is 22.9 Å². The molecule has 0 amide bonds. The average molecular weight is 303 g/mol. The molecule has 0 radical (unpaired) electrons.